The number of rotatable bonds is 9. The van der Waals surface area contributed by atoms with Gasteiger partial charge in [0.25, 0.3) is 5.89 Å². The Morgan fingerprint density at radius 2 is 1.79 bits per heavy atom. The van der Waals surface area contributed by atoms with E-state index in [4.69, 9.17) is 14.0 Å². The lowest BCUT2D eigenvalue weighted by Gasteiger charge is -2.22. The molecule has 4 rings (SSSR count). The third-order valence-corrected chi connectivity index (χ3v) is 6.01. The molecule has 0 unspecified atom stereocenters. The van der Waals surface area contributed by atoms with E-state index in [1.807, 2.05) is 82.1 Å². The summed E-state index contributed by atoms with van der Waals surface area (Å²) in [4.78, 5) is 18.7. The number of likely N-dealkylation sites (N-methyl/N-ethyl adjacent to an activating group) is 1. The molecule has 8 heteroatoms. The maximum atomic E-state index is 13.7. The van der Waals surface area contributed by atoms with Crippen molar-refractivity contribution in [2.24, 2.45) is 0 Å². The average Bonchev–Trinajstić information content (AvgIpc) is 3.34. The van der Waals surface area contributed by atoms with E-state index in [1.165, 1.54) is 12.1 Å². The van der Waals surface area contributed by atoms with Gasteiger partial charge in [-0.1, -0.05) is 35.5 Å². The lowest BCUT2D eigenvalue weighted by Crippen LogP contribution is -2.32. The molecule has 4 aromatic rings. The molecule has 0 fully saturated rings. The van der Waals surface area contributed by atoms with Gasteiger partial charge in [-0.15, -0.1) is 0 Å². The molecular weight excluding hydrogens is 497 g/mol. The van der Waals surface area contributed by atoms with E-state index >= 15 is 0 Å². The molecule has 0 aliphatic heterocycles. The van der Waals surface area contributed by atoms with E-state index in [1.54, 1.807) is 13.2 Å². The number of carbonyl (C=O) groups excluding carboxylic acids is 1. The molecule has 7 nitrogen and oxygen atoms in total. The van der Waals surface area contributed by atoms with Crippen LogP contribution < -0.4 is 0 Å². The molecular formula is C31H34FN3O4. The van der Waals surface area contributed by atoms with Crippen molar-refractivity contribution in [3.8, 4) is 34.0 Å². The Hall–Kier alpha value is -3.88. The highest BCUT2D eigenvalue weighted by Crippen LogP contribution is 2.32. The first-order valence-corrected chi connectivity index (χ1v) is 12.7. The van der Waals surface area contributed by atoms with E-state index in [0.717, 1.165) is 38.9 Å². The summed E-state index contributed by atoms with van der Waals surface area (Å²) >= 11 is 0. The van der Waals surface area contributed by atoms with Crippen LogP contribution in [0.15, 0.2) is 65.2 Å². The first-order valence-electron chi connectivity index (χ1n) is 12.7. The molecule has 0 radical (unpaired) electrons. The molecule has 0 N–H and O–H groups in total. The Bertz CT molecular complexity index is 1460. The fourth-order valence-electron chi connectivity index (χ4n) is 4.42. The largest absolute Gasteiger partial charge is 0.459 e. The molecule has 3 aromatic carbocycles. The minimum atomic E-state index is -0.515. The number of aryl methyl sites for hydroxylation is 1. The fourth-order valence-corrected chi connectivity index (χ4v) is 4.42. The van der Waals surface area contributed by atoms with Crippen LogP contribution in [0.3, 0.4) is 0 Å². The van der Waals surface area contributed by atoms with Crippen molar-refractivity contribution in [3.05, 3.63) is 83.2 Å². The molecule has 0 spiro atoms. The fraction of sp³-hybridized carbons (Fsp3) is 0.323. The van der Waals surface area contributed by atoms with Gasteiger partial charge < -0.3 is 14.0 Å². The Morgan fingerprint density at radius 1 is 1.03 bits per heavy atom. The highest BCUT2D eigenvalue weighted by Gasteiger charge is 2.18. The van der Waals surface area contributed by atoms with E-state index in [2.05, 4.69) is 10.1 Å². The molecule has 1 heterocycles. The lowest BCUT2D eigenvalue weighted by atomic mass is 9.94. The van der Waals surface area contributed by atoms with Crippen LogP contribution in [0.25, 0.3) is 34.0 Å². The van der Waals surface area contributed by atoms with E-state index < -0.39 is 5.60 Å². The van der Waals surface area contributed by atoms with Crippen molar-refractivity contribution < 1.29 is 23.2 Å². The van der Waals surface area contributed by atoms with Crippen LogP contribution in [-0.4, -0.2) is 47.3 Å². The molecule has 0 atom stereocenters. The summed E-state index contributed by atoms with van der Waals surface area (Å²) < 4.78 is 30.1. The average molecular weight is 532 g/mol. The monoisotopic (exact) mass is 531 g/mol. The van der Waals surface area contributed by atoms with Crippen LogP contribution in [0.5, 0.6) is 0 Å². The number of benzene rings is 3. The maximum Gasteiger partial charge on any atom is 0.320 e. The topological polar surface area (TPSA) is 77.7 Å². The minimum Gasteiger partial charge on any atom is -0.459 e. The zero-order valence-electron chi connectivity index (χ0n) is 23.2. The Kier molecular flexibility index (Phi) is 8.57. The summed E-state index contributed by atoms with van der Waals surface area (Å²) in [7, 11) is 3.51. The van der Waals surface area contributed by atoms with Gasteiger partial charge in [-0.3, -0.25) is 9.69 Å². The Morgan fingerprint density at radius 3 is 2.51 bits per heavy atom. The summed E-state index contributed by atoms with van der Waals surface area (Å²) in [6, 6.07) is 18.4. The Balaban J connectivity index is 1.53. The molecule has 0 amide bonds. The van der Waals surface area contributed by atoms with Gasteiger partial charge in [0.1, 0.15) is 11.4 Å². The quantitative estimate of drug-likeness (QED) is 0.230. The van der Waals surface area contributed by atoms with Gasteiger partial charge in [0.15, 0.2) is 0 Å². The highest BCUT2D eigenvalue weighted by atomic mass is 19.1. The normalized spacial score (nSPS) is 11.7. The number of aromatic nitrogens is 2. The SMILES string of the molecule is COCc1cc(-c2nc(-c3cccc(CN(C)CC(=O)OC(C)(C)C)c3)no2)ccc1-c1ccc(F)cc1C. The van der Waals surface area contributed by atoms with Gasteiger partial charge in [0.05, 0.1) is 13.2 Å². The van der Waals surface area contributed by atoms with Crippen LogP contribution in [-0.2, 0) is 27.4 Å². The number of ether oxygens (including phenoxy) is 2. The first kappa shape index (κ1) is 28.1. The van der Waals surface area contributed by atoms with Gasteiger partial charge in [0, 0.05) is 24.8 Å². The van der Waals surface area contributed by atoms with Crippen LogP contribution in [0.2, 0.25) is 0 Å². The molecule has 0 bridgehead atoms. The zero-order chi connectivity index (χ0) is 28.2. The predicted octanol–water partition coefficient (Wildman–Crippen LogP) is 6.44. The first-order chi connectivity index (χ1) is 18.5. The second-order valence-corrected chi connectivity index (χ2v) is 10.6. The van der Waals surface area contributed by atoms with Crippen molar-refractivity contribution in [3.63, 3.8) is 0 Å². The van der Waals surface area contributed by atoms with Gasteiger partial charge >= 0.3 is 5.97 Å². The van der Waals surface area contributed by atoms with Crippen molar-refractivity contribution in [2.75, 3.05) is 20.7 Å². The molecule has 0 aliphatic rings. The second-order valence-electron chi connectivity index (χ2n) is 10.6. The summed E-state index contributed by atoms with van der Waals surface area (Å²) in [6.45, 7) is 8.57. The molecule has 39 heavy (non-hydrogen) atoms. The van der Waals surface area contributed by atoms with Crippen LogP contribution in [0.4, 0.5) is 4.39 Å². The van der Waals surface area contributed by atoms with Gasteiger partial charge in [-0.05, 0) is 92.9 Å². The maximum absolute atomic E-state index is 13.7. The third kappa shape index (κ3) is 7.37. The van der Waals surface area contributed by atoms with Crippen LogP contribution in [0, 0.1) is 12.7 Å². The molecule has 1 aromatic heterocycles. The van der Waals surface area contributed by atoms with Crippen molar-refractivity contribution in [1.82, 2.24) is 15.0 Å². The molecule has 204 valence electrons. The second kappa shape index (κ2) is 11.9. The predicted molar refractivity (Wildman–Crippen MR) is 148 cm³/mol. The van der Waals surface area contributed by atoms with Crippen molar-refractivity contribution >= 4 is 5.97 Å². The standard InChI is InChI=1S/C31H34FN3O4/c1-20-14-25(32)11-13-26(20)27-12-10-23(16-24(27)19-37-6)30-33-29(34-39-30)22-9-7-8-21(15-22)17-35(5)18-28(36)38-31(2,3)4/h7-16H,17-19H2,1-6H3. The smallest absolute Gasteiger partial charge is 0.320 e. The number of hydrogen-bond acceptors (Lipinski definition) is 7. The van der Waals surface area contributed by atoms with E-state index in [9.17, 15) is 9.18 Å². The number of carbonyl (C=O) groups is 1. The minimum absolute atomic E-state index is 0.186. The van der Waals surface area contributed by atoms with E-state index in [0.29, 0.717) is 24.9 Å². The summed E-state index contributed by atoms with van der Waals surface area (Å²) in [6.07, 6.45) is 0. The van der Waals surface area contributed by atoms with Gasteiger partial charge in [0.2, 0.25) is 5.82 Å². The van der Waals surface area contributed by atoms with Crippen LogP contribution in [0.1, 0.15) is 37.5 Å². The lowest BCUT2D eigenvalue weighted by molar-refractivity contribution is -0.155. The van der Waals surface area contributed by atoms with Crippen LogP contribution >= 0.6 is 0 Å². The van der Waals surface area contributed by atoms with E-state index in [-0.39, 0.29) is 18.3 Å². The van der Waals surface area contributed by atoms with Gasteiger partial charge in [-0.25, -0.2) is 4.39 Å². The van der Waals surface area contributed by atoms with Crippen molar-refractivity contribution in [1.29, 1.82) is 0 Å². The number of methoxy groups -OCH3 is 1. The number of halogens is 1. The Labute approximate surface area is 228 Å². The summed E-state index contributed by atoms with van der Waals surface area (Å²) in [5, 5.41) is 4.21. The molecule has 0 saturated carbocycles. The number of nitrogens with zero attached hydrogens (tertiary/aromatic N) is 3. The number of esters is 1. The molecule has 0 aliphatic carbocycles. The third-order valence-electron chi connectivity index (χ3n) is 6.01. The van der Waals surface area contributed by atoms with Crippen molar-refractivity contribution in [2.45, 2.75) is 46.4 Å². The zero-order valence-corrected chi connectivity index (χ0v) is 23.2. The number of hydrogen-bond donors (Lipinski definition) is 0. The highest BCUT2D eigenvalue weighted by molar-refractivity contribution is 5.74. The molecule has 0 saturated heterocycles. The summed E-state index contributed by atoms with van der Waals surface area (Å²) in [5.74, 6) is 0.321. The van der Waals surface area contributed by atoms with Gasteiger partial charge in [-0.2, -0.15) is 4.98 Å². The summed E-state index contributed by atoms with van der Waals surface area (Å²) in [5.41, 5.74) is 5.73.